The van der Waals surface area contributed by atoms with Gasteiger partial charge in [-0.1, -0.05) is 19.4 Å². The number of sulfone groups is 2. The number of hydrogen-bond acceptors (Lipinski definition) is 4. The van der Waals surface area contributed by atoms with Gasteiger partial charge in [0.2, 0.25) is 0 Å². The number of unbranched alkanes of at least 4 members (excludes halogenated alkanes) is 1. The van der Waals surface area contributed by atoms with Crippen molar-refractivity contribution in [1.82, 2.24) is 0 Å². The van der Waals surface area contributed by atoms with Gasteiger partial charge in [-0.05, 0) is 6.42 Å². The SMILES string of the molecule is CCCCS(=O)(=O)C1C=CS(=O)(=O)C1. The molecule has 0 aromatic carbocycles. The van der Waals surface area contributed by atoms with Crippen LogP contribution >= 0.6 is 0 Å². The molecule has 14 heavy (non-hydrogen) atoms. The molecule has 82 valence electrons. The van der Waals surface area contributed by atoms with Gasteiger partial charge in [0.15, 0.2) is 19.7 Å². The molecule has 4 nitrogen and oxygen atoms in total. The third-order valence-electron chi connectivity index (χ3n) is 2.14. The van der Waals surface area contributed by atoms with E-state index in [1.165, 1.54) is 6.08 Å². The second kappa shape index (κ2) is 4.02. The molecule has 6 heteroatoms. The fourth-order valence-electron chi connectivity index (χ4n) is 1.27. The van der Waals surface area contributed by atoms with Crippen LogP contribution in [-0.2, 0) is 19.7 Å². The van der Waals surface area contributed by atoms with E-state index < -0.39 is 24.9 Å². The molecule has 0 aromatic heterocycles. The Labute approximate surface area is 84.8 Å². The zero-order valence-electron chi connectivity index (χ0n) is 8.01. The molecular weight excluding hydrogens is 224 g/mol. The van der Waals surface area contributed by atoms with Crippen molar-refractivity contribution in [3.8, 4) is 0 Å². The van der Waals surface area contributed by atoms with Crippen LogP contribution in [0.1, 0.15) is 19.8 Å². The third-order valence-corrected chi connectivity index (χ3v) is 5.85. The lowest BCUT2D eigenvalue weighted by atomic mass is 10.4. The predicted octanol–water partition coefficient (Wildman–Crippen LogP) is 0.512. The summed E-state index contributed by atoms with van der Waals surface area (Å²) in [6.07, 6.45) is 2.66. The summed E-state index contributed by atoms with van der Waals surface area (Å²) in [6.45, 7) is 1.90. The average Bonchev–Trinajstić information content (AvgIpc) is 2.43. The molecule has 1 unspecified atom stereocenters. The highest BCUT2D eigenvalue weighted by atomic mass is 32.2. The van der Waals surface area contributed by atoms with Crippen LogP contribution in [0.3, 0.4) is 0 Å². The van der Waals surface area contributed by atoms with E-state index in [0.29, 0.717) is 6.42 Å². The van der Waals surface area contributed by atoms with Crippen LogP contribution in [0.4, 0.5) is 0 Å². The van der Waals surface area contributed by atoms with E-state index >= 15 is 0 Å². The molecule has 1 rings (SSSR count). The molecular formula is C8H14O4S2. The third kappa shape index (κ3) is 2.81. The van der Waals surface area contributed by atoms with Gasteiger partial charge in [0.1, 0.15) is 0 Å². The lowest BCUT2D eigenvalue weighted by Crippen LogP contribution is -2.25. The van der Waals surface area contributed by atoms with Crippen molar-refractivity contribution in [3.05, 3.63) is 11.5 Å². The van der Waals surface area contributed by atoms with Crippen molar-refractivity contribution >= 4 is 19.7 Å². The van der Waals surface area contributed by atoms with Crippen LogP contribution in [0.25, 0.3) is 0 Å². The van der Waals surface area contributed by atoms with Crippen molar-refractivity contribution < 1.29 is 16.8 Å². The maximum absolute atomic E-state index is 11.6. The monoisotopic (exact) mass is 238 g/mol. The lowest BCUT2D eigenvalue weighted by molar-refractivity contribution is 0.584. The van der Waals surface area contributed by atoms with E-state index in [4.69, 9.17) is 0 Å². The van der Waals surface area contributed by atoms with E-state index in [1.54, 1.807) is 0 Å². The fourth-order valence-corrected chi connectivity index (χ4v) is 5.19. The molecule has 1 aliphatic rings. The Balaban J connectivity index is 2.73. The molecule has 0 fully saturated rings. The van der Waals surface area contributed by atoms with Crippen molar-refractivity contribution in [2.45, 2.75) is 25.0 Å². The molecule has 0 saturated carbocycles. The van der Waals surface area contributed by atoms with Crippen molar-refractivity contribution in [3.63, 3.8) is 0 Å². The van der Waals surface area contributed by atoms with E-state index in [0.717, 1.165) is 11.8 Å². The van der Waals surface area contributed by atoms with Crippen molar-refractivity contribution in [2.24, 2.45) is 0 Å². The van der Waals surface area contributed by atoms with Gasteiger partial charge < -0.3 is 0 Å². The lowest BCUT2D eigenvalue weighted by Gasteiger charge is -2.07. The minimum Gasteiger partial charge on any atom is -0.228 e. The number of rotatable bonds is 4. The highest BCUT2D eigenvalue weighted by Gasteiger charge is 2.31. The Morgan fingerprint density at radius 1 is 1.43 bits per heavy atom. The summed E-state index contributed by atoms with van der Waals surface area (Å²) in [5, 5.41) is 0.181. The molecule has 0 aromatic rings. The summed E-state index contributed by atoms with van der Waals surface area (Å²) in [4.78, 5) is 0. The Bertz CT molecular complexity index is 416. The van der Waals surface area contributed by atoms with Gasteiger partial charge in [-0.25, -0.2) is 16.8 Å². The minimum atomic E-state index is -3.26. The highest BCUT2D eigenvalue weighted by molar-refractivity contribution is 7.98. The fraction of sp³-hybridized carbons (Fsp3) is 0.750. The topological polar surface area (TPSA) is 68.3 Å². The molecule has 0 aliphatic carbocycles. The van der Waals surface area contributed by atoms with E-state index in [9.17, 15) is 16.8 Å². The van der Waals surface area contributed by atoms with Gasteiger partial charge in [0.05, 0.1) is 16.8 Å². The molecule has 0 spiro atoms. The predicted molar refractivity (Wildman–Crippen MR) is 55.4 cm³/mol. The first-order valence-electron chi connectivity index (χ1n) is 4.50. The molecule has 1 heterocycles. The summed E-state index contributed by atoms with van der Waals surface area (Å²) in [5.41, 5.74) is 0. The Hall–Kier alpha value is -0.360. The van der Waals surface area contributed by atoms with E-state index in [2.05, 4.69) is 0 Å². The van der Waals surface area contributed by atoms with Gasteiger partial charge in [-0.2, -0.15) is 0 Å². The normalized spacial score (nSPS) is 25.4. The van der Waals surface area contributed by atoms with Gasteiger partial charge in [0.25, 0.3) is 0 Å². The van der Waals surface area contributed by atoms with Crippen LogP contribution in [-0.4, -0.2) is 33.6 Å². The molecule has 0 N–H and O–H groups in total. The zero-order valence-corrected chi connectivity index (χ0v) is 9.64. The van der Waals surface area contributed by atoms with E-state index in [1.807, 2.05) is 6.92 Å². The molecule has 0 amide bonds. The summed E-state index contributed by atoms with van der Waals surface area (Å²) in [7, 11) is -6.52. The maximum atomic E-state index is 11.6. The number of hydrogen-bond donors (Lipinski definition) is 0. The first kappa shape index (κ1) is 11.7. The van der Waals surface area contributed by atoms with Gasteiger partial charge in [-0.3, -0.25) is 0 Å². The van der Waals surface area contributed by atoms with Crippen LogP contribution in [0.2, 0.25) is 0 Å². The average molecular weight is 238 g/mol. The molecule has 0 saturated heterocycles. The van der Waals surface area contributed by atoms with Crippen molar-refractivity contribution in [1.29, 1.82) is 0 Å². The zero-order chi connectivity index (χ0) is 10.8. The van der Waals surface area contributed by atoms with Crippen LogP contribution in [0.5, 0.6) is 0 Å². The second-order valence-corrected chi connectivity index (χ2v) is 7.69. The maximum Gasteiger partial charge on any atom is 0.172 e. The van der Waals surface area contributed by atoms with Crippen LogP contribution in [0, 0.1) is 0 Å². The second-order valence-electron chi connectivity index (χ2n) is 3.42. The first-order valence-corrected chi connectivity index (χ1v) is 7.93. The van der Waals surface area contributed by atoms with Crippen LogP contribution < -0.4 is 0 Å². The molecule has 1 atom stereocenters. The minimum absolute atomic E-state index is 0.0774. The van der Waals surface area contributed by atoms with Gasteiger partial charge >= 0.3 is 0 Å². The Morgan fingerprint density at radius 2 is 2.07 bits per heavy atom. The van der Waals surface area contributed by atoms with Gasteiger partial charge in [0, 0.05) is 5.41 Å². The standard InChI is InChI=1S/C8H14O4S2/c1-2-3-5-14(11,12)8-4-6-13(9,10)7-8/h4,6,8H,2-3,5,7H2,1H3. The molecule has 0 bridgehead atoms. The van der Waals surface area contributed by atoms with Gasteiger partial charge in [-0.15, -0.1) is 0 Å². The Morgan fingerprint density at radius 3 is 2.50 bits per heavy atom. The summed E-state index contributed by atoms with van der Waals surface area (Å²) in [5.74, 6) is -0.201. The van der Waals surface area contributed by atoms with E-state index in [-0.39, 0.29) is 11.5 Å². The smallest absolute Gasteiger partial charge is 0.172 e. The largest absolute Gasteiger partial charge is 0.228 e. The first-order chi connectivity index (χ1) is 6.37. The molecule has 1 aliphatic heterocycles. The quantitative estimate of drug-likeness (QED) is 0.715. The van der Waals surface area contributed by atoms with Crippen molar-refractivity contribution in [2.75, 3.05) is 11.5 Å². The Kier molecular flexibility index (Phi) is 3.36. The summed E-state index contributed by atoms with van der Waals surface area (Å²) in [6, 6.07) is 0. The molecule has 0 radical (unpaired) electrons. The van der Waals surface area contributed by atoms with Crippen LogP contribution in [0.15, 0.2) is 11.5 Å². The summed E-state index contributed by atoms with van der Waals surface area (Å²) >= 11 is 0. The highest BCUT2D eigenvalue weighted by Crippen LogP contribution is 2.17. The summed E-state index contributed by atoms with van der Waals surface area (Å²) < 4.78 is 45.1.